The van der Waals surface area contributed by atoms with Crippen LogP contribution in [0.3, 0.4) is 0 Å². The lowest BCUT2D eigenvalue weighted by atomic mass is 9.48. The van der Waals surface area contributed by atoms with Gasteiger partial charge in [0, 0.05) is 24.7 Å². The number of methoxy groups -OCH3 is 1. The molecule has 0 aromatic heterocycles. The molecule has 0 unspecified atom stereocenters. The van der Waals surface area contributed by atoms with Crippen molar-refractivity contribution in [3.63, 3.8) is 0 Å². The first-order valence-corrected chi connectivity index (χ1v) is 15.1. The number of carbonyl (C=O) groups excluding carboxylic acids is 1. The molecule has 40 heavy (non-hydrogen) atoms. The topological polar surface area (TPSA) is 62.2 Å². The molecule has 6 nitrogen and oxygen atoms in total. The van der Waals surface area contributed by atoms with Gasteiger partial charge in [0.2, 0.25) is 5.91 Å². The Hall–Kier alpha value is -2.25. The first-order chi connectivity index (χ1) is 19.1. The molecule has 1 amide bonds. The second-order valence-corrected chi connectivity index (χ2v) is 13.1. The molecule has 5 atom stereocenters. The number of hydrogen-bond acceptors (Lipinski definition) is 5. The summed E-state index contributed by atoms with van der Waals surface area (Å²) in [7, 11) is 1.66. The zero-order valence-electron chi connectivity index (χ0n) is 23.5. The number of piperidine rings is 1. The summed E-state index contributed by atoms with van der Waals surface area (Å²) in [5.41, 5.74) is 1.54. The van der Waals surface area contributed by atoms with E-state index in [9.17, 15) is 9.90 Å². The van der Waals surface area contributed by atoms with Crippen molar-refractivity contribution in [2.75, 3.05) is 26.7 Å². The van der Waals surface area contributed by atoms with Crippen LogP contribution in [0.15, 0.2) is 43.0 Å². The fourth-order valence-electron chi connectivity index (χ4n) is 8.20. The Morgan fingerprint density at radius 3 is 2.77 bits per heavy atom. The third kappa shape index (κ3) is 4.01. The molecular formula is C32H38Cl2N2O4. The van der Waals surface area contributed by atoms with Crippen LogP contribution in [0.5, 0.6) is 11.5 Å². The highest BCUT2D eigenvalue weighted by molar-refractivity contribution is 6.42. The second kappa shape index (κ2) is 10.2. The number of hydrogen-bond donors (Lipinski definition) is 1. The SMILES string of the molecule is C=CCN1CC[C@]23c4c5ccc(OC)c4O[C@H]2[C@@H](N(CC(C)C)C(=O)Cc2ccc(Cl)c(Cl)c2)CC[C@@]3(O)[C@H]1C5. The van der Waals surface area contributed by atoms with Crippen molar-refractivity contribution in [3.8, 4) is 11.5 Å². The van der Waals surface area contributed by atoms with Crippen LogP contribution in [0.1, 0.15) is 49.8 Å². The van der Waals surface area contributed by atoms with Crippen LogP contribution in [0, 0.1) is 5.92 Å². The summed E-state index contributed by atoms with van der Waals surface area (Å²) in [4.78, 5) is 18.5. The number of carbonyl (C=O) groups is 1. The molecule has 1 N–H and O–H groups in total. The zero-order valence-corrected chi connectivity index (χ0v) is 25.0. The Labute approximate surface area is 246 Å². The van der Waals surface area contributed by atoms with Crippen LogP contribution in [0.2, 0.25) is 10.0 Å². The molecule has 1 spiro atoms. The average Bonchev–Trinajstić information content (AvgIpc) is 3.26. The van der Waals surface area contributed by atoms with Crippen molar-refractivity contribution >= 4 is 29.1 Å². The van der Waals surface area contributed by atoms with Gasteiger partial charge in [-0.25, -0.2) is 0 Å². The van der Waals surface area contributed by atoms with Gasteiger partial charge in [0.05, 0.1) is 40.6 Å². The molecule has 6 rings (SSSR count). The lowest BCUT2D eigenvalue weighted by molar-refractivity contribution is -0.200. The number of halogens is 2. The predicted octanol–water partition coefficient (Wildman–Crippen LogP) is 5.44. The van der Waals surface area contributed by atoms with E-state index < -0.39 is 11.0 Å². The van der Waals surface area contributed by atoms with E-state index in [0.717, 1.165) is 42.8 Å². The number of likely N-dealkylation sites (tertiary alicyclic amines) is 1. The minimum atomic E-state index is -0.976. The number of amides is 1. The summed E-state index contributed by atoms with van der Waals surface area (Å²) in [6.45, 7) is 10.4. The highest BCUT2D eigenvalue weighted by atomic mass is 35.5. The van der Waals surface area contributed by atoms with Crippen LogP contribution in [-0.2, 0) is 23.1 Å². The molecule has 2 aliphatic carbocycles. The lowest BCUT2D eigenvalue weighted by Gasteiger charge is -2.64. The van der Waals surface area contributed by atoms with Crippen LogP contribution in [0.4, 0.5) is 0 Å². The smallest absolute Gasteiger partial charge is 0.227 e. The molecule has 2 aliphatic heterocycles. The summed E-state index contributed by atoms with van der Waals surface area (Å²) in [6, 6.07) is 9.27. The van der Waals surface area contributed by atoms with Gasteiger partial charge in [-0.2, -0.15) is 0 Å². The fraction of sp³-hybridized carbons (Fsp3) is 0.531. The summed E-state index contributed by atoms with van der Waals surface area (Å²) in [5, 5.41) is 13.7. The molecule has 4 aliphatic rings. The van der Waals surface area contributed by atoms with E-state index in [1.165, 1.54) is 5.56 Å². The first-order valence-electron chi connectivity index (χ1n) is 14.3. The van der Waals surface area contributed by atoms with E-state index >= 15 is 0 Å². The van der Waals surface area contributed by atoms with E-state index in [1.807, 2.05) is 23.1 Å². The van der Waals surface area contributed by atoms with Crippen molar-refractivity contribution in [1.82, 2.24) is 9.80 Å². The minimum Gasteiger partial charge on any atom is -0.493 e. The Morgan fingerprint density at radius 2 is 2.08 bits per heavy atom. The van der Waals surface area contributed by atoms with Gasteiger partial charge in [-0.15, -0.1) is 6.58 Å². The zero-order chi connectivity index (χ0) is 28.4. The van der Waals surface area contributed by atoms with E-state index in [1.54, 1.807) is 19.2 Å². The van der Waals surface area contributed by atoms with Gasteiger partial charge < -0.3 is 19.5 Å². The molecule has 1 saturated heterocycles. The number of ether oxygens (including phenoxy) is 2. The standard InChI is InChI=1S/C32H38Cl2N2O4/c1-5-13-35-14-12-31-28-21-7-9-25(39-4)29(28)40-30(31)24(10-11-32(31,38)26(35)17-21)36(18-19(2)3)27(37)16-20-6-8-22(33)23(34)15-20/h5-9,15,19,24,26,30,38H,1,10-14,16-18H2,2-4H3/t24-,26+,30-,31-,32+/m0/s1. The number of benzene rings is 2. The fourth-order valence-corrected chi connectivity index (χ4v) is 8.52. The molecule has 1 saturated carbocycles. The van der Waals surface area contributed by atoms with E-state index in [4.69, 9.17) is 32.7 Å². The van der Waals surface area contributed by atoms with Crippen LogP contribution < -0.4 is 9.47 Å². The van der Waals surface area contributed by atoms with Crippen LogP contribution in [-0.4, -0.2) is 71.3 Å². The third-order valence-corrected chi connectivity index (χ3v) is 10.5. The molecule has 2 fully saturated rings. The monoisotopic (exact) mass is 584 g/mol. The maximum absolute atomic E-state index is 14.1. The van der Waals surface area contributed by atoms with Gasteiger partial charge in [0.1, 0.15) is 6.10 Å². The van der Waals surface area contributed by atoms with Gasteiger partial charge in [0.25, 0.3) is 0 Å². The highest BCUT2D eigenvalue weighted by Gasteiger charge is 2.73. The van der Waals surface area contributed by atoms with Crippen molar-refractivity contribution < 1.29 is 19.4 Å². The quantitative estimate of drug-likeness (QED) is 0.419. The van der Waals surface area contributed by atoms with Gasteiger partial charge in [0.15, 0.2) is 11.5 Å². The summed E-state index contributed by atoms with van der Waals surface area (Å²) >= 11 is 12.4. The second-order valence-electron chi connectivity index (χ2n) is 12.3. The molecule has 214 valence electrons. The molecular weight excluding hydrogens is 547 g/mol. The van der Waals surface area contributed by atoms with Gasteiger partial charge in [-0.1, -0.05) is 55.3 Å². The van der Waals surface area contributed by atoms with Crippen LogP contribution >= 0.6 is 23.2 Å². The predicted molar refractivity (Wildman–Crippen MR) is 158 cm³/mol. The minimum absolute atomic E-state index is 0.0297. The Bertz CT molecular complexity index is 1350. The maximum Gasteiger partial charge on any atom is 0.227 e. The van der Waals surface area contributed by atoms with Crippen molar-refractivity contribution in [2.45, 2.75) is 75.2 Å². The number of nitrogens with zero attached hydrogens (tertiary/aromatic N) is 2. The maximum atomic E-state index is 14.1. The Morgan fingerprint density at radius 1 is 1.27 bits per heavy atom. The Kier molecular flexibility index (Phi) is 7.14. The molecule has 0 radical (unpaired) electrons. The van der Waals surface area contributed by atoms with Crippen molar-refractivity contribution in [1.29, 1.82) is 0 Å². The third-order valence-electron chi connectivity index (χ3n) is 9.73. The van der Waals surface area contributed by atoms with E-state index in [0.29, 0.717) is 35.2 Å². The largest absolute Gasteiger partial charge is 0.493 e. The van der Waals surface area contributed by atoms with E-state index in [-0.39, 0.29) is 36.4 Å². The average molecular weight is 586 g/mol. The highest BCUT2D eigenvalue weighted by Crippen LogP contribution is 2.66. The van der Waals surface area contributed by atoms with Crippen molar-refractivity contribution in [2.24, 2.45) is 5.92 Å². The van der Waals surface area contributed by atoms with Gasteiger partial charge >= 0.3 is 0 Å². The first kappa shape index (κ1) is 27.9. The molecule has 2 aromatic rings. The molecule has 2 heterocycles. The van der Waals surface area contributed by atoms with E-state index in [2.05, 4.69) is 31.4 Å². The van der Waals surface area contributed by atoms with Gasteiger partial charge in [-0.05, 0) is 67.5 Å². The molecule has 2 aromatic carbocycles. The number of rotatable bonds is 8. The summed E-state index contributed by atoms with van der Waals surface area (Å²) in [6.07, 6.45) is 4.54. The summed E-state index contributed by atoms with van der Waals surface area (Å²) in [5.74, 6) is 1.72. The molecule has 2 bridgehead atoms. The van der Waals surface area contributed by atoms with Crippen LogP contribution in [0.25, 0.3) is 0 Å². The van der Waals surface area contributed by atoms with Gasteiger partial charge in [-0.3, -0.25) is 9.69 Å². The lowest BCUT2D eigenvalue weighted by Crippen LogP contribution is -2.78. The summed E-state index contributed by atoms with van der Waals surface area (Å²) < 4.78 is 12.7. The normalized spacial score (nSPS) is 30.0. The van der Waals surface area contributed by atoms with Crippen molar-refractivity contribution in [3.05, 3.63) is 69.7 Å². The Balaban J connectivity index is 1.43. The number of aliphatic hydroxyl groups is 1. The molecule has 8 heteroatoms.